The molecule has 1 aliphatic rings. The average Bonchev–Trinajstić information content (AvgIpc) is 2.62. The topological polar surface area (TPSA) is 77.4 Å². The van der Waals surface area contributed by atoms with Crippen molar-refractivity contribution in [2.75, 3.05) is 39.8 Å². The molecule has 2 N–H and O–H groups in total. The standard InChI is InChI=1S/C17H22N4O2/c1-23-16-4-2-14(3-5-16)6-7-20-13-15(12-18)17(22)21-10-8-19-9-11-21/h2-5,13,19-20H,6-11H2,1H3/b15-13-. The first-order chi connectivity index (χ1) is 11.2. The highest BCUT2D eigenvalue weighted by molar-refractivity contribution is 5.97. The highest BCUT2D eigenvalue weighted by Gasteiger charge is 2.19. The van der Waals surface area contributed by atoms with E-state index in [1.165, 1.54) is 11.8 Å². The number of benzene rings is 1. The molecule has 1 saturated heterocycles. The summed E-state index contributed by atoms with van der Waals surface area (Å²) >= 11 is 0. The van der Waals surface area contributed by atoms with Gasteiger partial charge in [-0.1, -0.05) is 12.1 Å². The minimum Gasteiger partial charge on any atom is -0.497 e. The number of ether oxygens (including phenoxy) is 1. The lowest BCUT2D eigenvalue weighted by atomic mass is 10.1. The van der Waals surface area contributed by atoms with Crippen LogP contribution in [0.1, 0.15) is 5.56 Å². The first kappa shape index (κ1) is 16.8. The molecule has 0 aromatic heterocycles. The van der Waals surface area contributed by atoms with Crippen LogP contribution in [0, 0.1) is 11.3 Å². The fraction of sp³-hybridized carbons (Fsp3) is 0.412. The average molecular weight is 314 g/mol. The molecule has 1 aromatic rings. The maximum Gasteiger partial charge on any atom is 0.266 e. The third-order valence-corrected chi connectivity index (χ3v) is 3.72. The number of piperazine rings is 1. The molecule has 0 atom stereocenters. The van der Waals surface area contributed by atoms with E-state index in [-0.39, 0.29) is 11.5 Å². The summed E-state index contributed by atoms with van der Waals surface area (Å²) < 4.78 is 5.12. The van der Waals surface area contributed by atoms with Crippen LogP contribution in [-0.2, 0) is 11.2 Å². The number of nitriles is 1. The van der Waals surface area contributed by atoms with E-state index in [0.29, 0.717) is 19.6 Å². The van der Waals surface area contributed by atoms with Crippen LogP contribution in [0.15, 0.2) is 36.0 Å². The monoisotopic (exact) mass is 314 g/mol. The lowest BCUT2D eigenvalue weighted by Crippen LogP contribution is -2.46. The minimum atomic E-state index is -0.203. The van der Waals surface area contributed by atoms with Gasteiger partial charge in [-0.2, -0.15) is 5.26 Å². The Kier molecular flexibility index (Phi) is 6.45. The molecule has 0 radical (unpaired) electrons. The summed E-state index contributed by atoms with van der Waals surface area (Å²) in [5, 5.41) is 15.4. The molecule has 122 valence electrons. The van der Waals surface area contributed by atoms with Crippen LogP contribution in [0.4, 0.5) is 0 Å². The molecule has 0 spiro atoms. The normalized spacial score (nSPS) is 15.0. The Bertz CT molecular complexity index is 584. The predicted molar refractivity (Wildman–Crippen MR) is 87.8 cm³/mol. The van der Waals surface area contributed by atoms with Gasteiger partial charge in [0.1, 0.15) is 17.4 Å². The number of methoxy groups -OCH3 is 1. The molecule has 1 aliphatic heterocycles. The summed E-state index contributed by atoms with van der Waals surface area (Å²) in [5.41, 5.74) is 1.32. The molecular formula is C17H22N4O2. The third kappa shape index (κ3) is 5.01. The fourth-order valence-electron chi connectivity index (χ4n) is 2.36. The number of carbonyl (C=O) groups is 1. The van der Waals surface area contributed by atoms with Gasteiger partial charge in [-0.25, -0.2) is 0 Å². The van der Waals surface area contributed by atoms with Crippen LogP contribution < -0.4 is 15.4 Å². The quantitative estimate of drug-likeness (QED) is 0.458. The molecule has 6 nitrogen and oxygen atoms in total. The Balaban J connectivity index is 1.82. The first-order valence-corrected chi connectivity index (χ1v) is 7.71. The zero-order valence-electron chi connectivity index (χ0n) is 13.3. The van der Waals surface area contributed by atoms with Crippen molar-refractivity contribution in [1.82, 2.24) is 15.5 Å². The molecule has 23 heavy (non-hydrogen) atoms. The highest BCUT2D eigenvalue weighted by atomic mass is 16.5. The Hall–Kier alpha value is -2.52. The van der Waals surface area contributed by atoms with Crippen LogP contribution in [-0.4, -0.2) is 50.6 Å². The minimum absolute atomic E-state index is 0.154. The number of nitrogens with zero attached hydrogens (tertiary/aromatic N) is 2. The van der Waals surface area contributed by atoms with Gasteiger partial charge < -0.3 is 20.3 Å². The molecule has 0 aliphatic carbocycles. The van der Waals surface area contributed by atoms with E-state index >= 15 is 0 Å². The summed E-state index contributed by atoms with van der Waals surface area (Å²) in [4.78, 5) is 13.9. The Morgan fingerprint density at radius 1 is 1.39 bits per heavy atom. The van der Waals surface area contributed by atoms with Gasteiger partial charge in [0, 0.05) is 38.9 Å². The third-order valence-electron chi connectivity index (χ3n) is 3.72. The number of rotatable bonds is 6. The predicted octanol–water partition coefficient (Wildman–Crippen LogP) is 0.667. The zero-order valence-corrected chi connectivity index (χ0v) is 13.3. The molecule has 0 unspecified atom stereocenters. The van der Waals surface area contributed by atoms with E-state index in [0.717, 1.165) is 25.3 Å². The van der Waals surface area contributed by atoms with Gasteiger partial charge in [0.25, 0.3) is 5.91 Å². The number of hydrogen-bond donors (Lipinski definition) is 2. The van der Waals surface area contributed by atoms with Crippen LogP contribution in [0.3, 0.4) is 0 Å². The summed E-state index contributed by atoms with van der Waals surface area (Å²) in [5.74, 6) is 0.626. The summed E-state index contributed by atoms with van der Waals surface area (Å²) in [6, 6.07) is 9.82. The summed E-state index contributed by atoms with van der Waals surface area (Å²) in [7, 11) is 1.64. The molecule has 0 bridgehead atoms. The SMILES string of the molecule is COc1ccc(CCN/C=C(/C#N)C(=O)N2CCNCC2)cc1. The van der Waals surface area contributed by atoms with Crippen molar-refractivity contribution in [3.8, 4) is 11.8 Å². The van der Waals surface area contributed by atoms with Gasteiger partial charge in [0.2, 0.25) is 0 Å². The number of carbonyl (C=O) groups excluding carboxylic acids is 1. The molecule has 6 heteroatoms. The fourth-order valence-corrected chi connectivity index (χ4v) is 2.36. The molecule has 1 heterocycles. The number of nitrogens with one attached hydrogen (secondary N) is 2. The van der Waals surface area contributed by atoms with Gasteiger partial charge in [-0.3, -0.25) is 4.79 Å². The molecule has 1 amide bonds. The molecular weight excluding hydrogens is 292 g/mol. The van der Waals surface area contributed by atoms with Crippen LogP contribution >= 0.6 is 0 Å². The Labute approximate surface area is 136 Å². The van der Waals surface area contributed by atoms with Crippen LogP contribution in [0.25, 0.3) is 0 Å². The number of hydrogen-bond acceptors (Lipinski definition) is 5. The van der Waals surface area contributed by atoms with Crippen molar-refractivity contribution in [3.05, 3.63) is 41.6 Å². The van der Waals surface area contributed by atoms with E-state index in [1.807, 2.05) is 30.3 Å². The smallest absolute Gasteiger partial charge is 0.266 e. The van der Waals surface area contributed by atoms with Gasteiger partial charge in [0.05, 0.1) is 7.11 Å². The van der Waals surface area contributed by atoms with Crippen molar-refractivity contribution in [2.45, 2.75) is 6.42 Å². The molecule has 1 fully saturated rings. The second-order valence-corrected chi connectivity index (χ2v) is 5.26. The van der Waals surface area contributed by atoms with Crippen LogP contribution in [0.2, 0.25) is 0 Å². The molecule has 0 saturated carbocycles. The first-order valence-electron chi connectivity index (χ1n) is 7.71. The maximum atomic E-state index is 12.2. The summed E-state index contributed by atoms with van der Waals surface area (Å²) in [6.07, 6.45) is 2.33. The van der Waals surface area contributed by atoms with E-state index in [4.69, 9.17) is 10.00 Å². The van der Waals surface area contributed by atoms with Crippen molar-refractivity contribution >= 4 is 5.91 Å². The lowest BCUT2D eigenvalue weighted by Gasteiger charge is -2.27. The van der Waals surface area contributed by atoms with Crippen molar-refractivity contribution in [2.24, 2.45) is 0 Å². The number of amides is 1. The van der Waals surface area contributed by atoms with Crippen molar-refractivity contribution in [3.63, 3.8) is 0 Å². The van der Waals surface area contributed by atoms with Gasteiger partial charge in [0.15, 0.2) is 0 Å². The lowest BCUT2D eigenvalue weighted by molar-refractivity contribution is -0.127. The van der Waals surface area contributed by atoms with E-state index < -0.39 is 0 Å². The molecule has 2 rings (SSSR count). The van der Waals surface area contributed by atoms with Crippen molar-refractivity contribution in [1.29, 1.82) is 5.26 Å². The van der Waals surface area contributed by atoms with E-state index in [1.54, 1.807) is 12.0 Å². The van der Waals surface area contributed by atoms with Gasteiger partial charge in [-0.15, -0.1) is 0 Å². The largest absolute Gasteiger partial charge is 0.497 e. The zero-order chi connectivity index (χ0) is 16.5. The van der Waals surface area contributed by atoms with Crippen molar-refractivity contribution < 1.29 is 9.53 Å². The summed E-state index contributed by atoms with van der Waals surface area (Å²) in [6.45, 7) is 3.49. The maximum absolute atomic E-state index is 12.2. The Morgan fingerprint density at radius 2 is 2.09 bits per heavy atom. The van der Waals surface area contributed by atoms with E-state index in [2.05, 4.69) is 10.6 Å². The second-order valence-electron chi connectivity index (χ2n) is 5.26. The molecule has 1 aromatic carbocycles. The van der Waals surface area contributed by atoms with Crippen LogP contribution in [0.5, 0.6) is 5.75 Å². The van der Waals surface area contributed by atoms with E-state index in [9.17, 15) is 4.79 Å². The van der Waals surface area contributed by atoms with Gasteiger partial charge >= 0.3 is 0 Å². The highest BCUT2D eigenvalue weighted by Crippen LogP contribution is 2.11. The van der Waals surface area contributed by atoms with Gasteiger partial charge in [-0.05, 0) is 24.1 Å². The second kappa shape index (κ2) is 8.81. The Morgan fingerprint density at radius 3 is 2.70 bits per heavy atom.